The minimum atomic E-state index is -0.969. The second-order valence-electron chi connectivity index (χ2n) is 6.43. The van der Waals surface area contributed by atoms with E-state index in [2.05, 4.69) is 5.32 Å². The first-order valence-electron chi connectivity index (χ1n) is 8.59. The highest BCUT2D eigenvalue weighted by molar-refractivity contribution is 6.01. The average molecular weight is 366 g/mol. The summed E-state index contributed by atoms with van der Waals surface area (Å²) in [6.07, 6.45) is -1.22. The van der Waals surface area contributed by atoms with Crippen molar-refractivity contribution in [3.8, 4) is 0 Å². The summed E-state index contributed by atoms with van der Waals surface area (Å²) in [7, 11) is 1.24. The molecule has 0 bridgehead atoms. The lowest BCUT2D eigenvalue weighted by Crippen LogP contribution is -2.72. The smallest absolute Gasteiger partial charge is 0.411 e. The number of nitrogens with zero attached hydrogens (tertiary/aromatic N) is 1. The third-order valence-corrected chi connectivity index (χ3v) is 4.93. The summed E-state index contributed by atoms with van der Waals surface area (Å²) in [6, 6.07) is 16.3. The molecule has 0 radical (unpaired) electrons. The van der Waals surface area contributed by atoms with Crippen LogP contribution < -0.4 is 5.32 Å². The second kappa shape index (κ2) is 6.75. The number of esters is 1. The molecule has 0 spiro atoms. The van der Waals surface area contributed by atoms with Crippen LogP contribution in [0.4, 0.5) is 4.79 Å². The van der Waals surface area contributed by atoms with Gasteiger partial charge in [0.05, 0.1) is 7.11 Å². The summed E-state index contributed by atoms with van der Waals surface area (Å²) >= 11 is 0. The molecule has 2 fully saturated rings. The van der Waals surface area contributed by atoms with Gasteiger partial charge in [0.25, 0.3) is 0 Å². The molecule has 0 aliphatic carbocycles. The molecule has 7 nitrogen and oxygen atoms in total. The lowest BCUT2D eigenvalue weighted by Gasteiger charge is -2.41. The van der Waals surface area contributed by atoms with Crippen molar-refractivity contribution in [1.29, 1.82) is 0 Å². The third kappa shape index (κ3) is 2.81. The van der Waals surface area contributed by atoms with Crippen LogP contribution in [0, 0.1) is 0 Å². The van der Waals surface area contributed by atoms with Gasteiger partial charge >= 0.3 is 12.1 Å². The maximum atomic E-state index is 12.7. The third-order valence-electron chi connectivity index (χ3n) is 4.93. The van der Waals surface area contributed by atoms with Crippen molar-refractivity contribution in [2.75, 3.05) is 7.11 Å². The van der Waals surface area contributed by atoms with Gasteiger partial charge < -0.3 is 14.8 Å². The summed E-state index contributed by atoms with van der Waals surface area (Å²) < 4.78 is 10.4. The molecule has 7 heteroatoms. The van der Waals surface area contributed by atoms with E-state index in [0.717, 1.165) is 11.1 Å². The fourth-order valence-corrected chi connectivity index (χ4v) is 3.63. The van der Waals surface area contributed by atoms with Gasteiger partial charge in [-0.1, -0.05) is 60.7 Å². The molecule has 27 heavy (non-hydrogen) atoms. The van der Waals surface area contributed by atoms with Crippen LogP contribution in [-0.4, -0.2) is 42.1 Å². The minimum absolute atomic E-state index is 0.406. The zero-order valence-electron chi connectivity index (χ0n) is 14.6. The summed E-state index contributed by atoms with van der Waals surface area (Å²) in [5.74, 6) is -1.00. The topological polar surface area (TPSA) is 84.9 Å². The van der Waals surface area contributed by atoms with Gasteiger partial charge in [-0.05, 0) is 11.1 Å². The van der Waals surface area contributed by atoms with Crippen LogP contribution in [0.3, 0.4) is 0 Å². The van der Waals surface area contributed by atoms with Crippen LogP contribution in [0.25, 0.3) is 0 Å². The van der Waals surface area contributed by atoms with E-state index in [1.807, 2.05) is 60.7 Å². The Morgan fingerprint density at radius 1 is 0.963 bits per heavy atom. The normalized spacial score (nSPS) is 26.8. The molecule has 4 unspecified atom stereocenters. The Balaban J connectivity index is 1.76. The summed E-state index contributed by atoms with van der Waals surface area (Å²) in [5.41, 5.74) is 1.64. The van der Waals surface area contributed by atoms with E-state index in [0.29, 0.717) is 0 Å². The number of carbonyl (C=O) groups excluding carboxylic acids is 3. The second-order valence-corrected chi connectivity index (χ2v) is 6.43. The lowest BCUT2D eigenvalue weighted by atomic mass is 9.90. The van der Waals surface area contributed by atoms with Crippen LogP contribution in [0.2, 0.25) is 0 Å². The fraction of sp³-hybridized carbons (Fsp3) is 0.250. The molecule has 1 N–H and O–H groups in total. The molecule has 2 aliphatic rings. The Bertz CT molecular complexity index is 870. The zero-order valence-corrected chi connectivity index (χ0v) is 14.6. The van der Waals surface area contributed by atoms with Crippen LogP contribution in [0.15, 0.2) is 60.7 Å². The van der Waals surface area contributed by atoms with Crippen molar-refractivity contribution < 1.29 is 23.9 Å². The van der Waals surface area contributed by atoms with Gasteiger partial charge in [0.15, 0.2) is 12.1 Å². The van der Waals surface area contributed by atoms with Crippen LogP contribution >= 0.6 is 0 Å². The first kappa shape index (κ1) is 17.1. The molecule has 2 saturated heterocycles. The SMILES string of the molecule is COC(=O)C1NC(=O)C1N1C(=O)OC(c2ccccc2)C1c1ccccc1. The molecule has 2 aromatic carbocycles. The van der Waals surface area contributed by atoms with E-state index in [4.69, 9.17) is 9.47 Å². The number of amides is 2. The summed E-state index contributed by atoms with van der Waals surface area (Å²) in [4.78, 5) is 38.3. The van der Waals surface area contributed by atoms with E-state index in [9.17, 15) is 14.4 Å². The van der Waals surface area contributed by atoms with E-state index < -0.39 is 42.2 Å². The van der Waals surface area contributed by atoms with Gasteiger partial charge in [0, 0.05) is 0 Å². The van der Waals surface area contributed by atoms with E-state index in [1.54, 1.807) is 0 Å². The highest BCUT2D eigenvalue weighted by Crippen LogP contribution is 2.45. The number of rotatable bonds is 4. The highest BCUT2D eigenvalue weighted by Gasteiger charge is 2.57. The number of hydrogen-bond acceptors (Lipinski definition) is 5. The molecule has 2 aliphatic heterocycles. The van der Waals surface area contributed by atoms with Crippen LogP contribution in [0.1, 0.15) is 23.3 Å². The molecule has 2 amide bonds. The zero-order chi connectivity index (χ0) is 19.0. The maximum absolute atomic E-state index is 12.7. The largest absolute Gasteiger partial charge is 0.467 e. The number of benzene rings is 2. The molecule has 2 aromatic rings. The molecule has 2 heterocycles. The van der Waals surface area contributed by atoms with Crippen LogP contribution in [0.5, 0.6) is 0 Å². The first-order chi connectivity index (χ1) is 13.1. The molecular weight excluding hydrogens is 348 g/mol. The van der Waals surface area contributed by atoms with Gasteiger partial charge in [-0.25, -0.2) is 9.59 Å². The van der Waals surface area contributed by atoms with Crippen molar-refractivity contribution in [1.82, 2.24) is 10.2 Å². The highest BCUT2D eigenvalue weighted by atomic mass is 16.6. The Hall–Kier alpha value is -3.35. The minimum Gasteiger partial charge on any atom is -0.467 e. The standard InChI is InChI=1S/C20H18N2O5/c1-26-19(24)14-16(18(23)21-14)22-15(12-8-4-2-5-9-12)17(27-20(22)25)13-10-6-3-7-11-13/h2-11,14-17H,1H3,(H,21,23). The van der Waals surface area contributed by atoms with Crippen molar-refractivity contribution >= 4 is 18.0 Å². The maximum Gasteiger partial charge on any atom is 0.411 e. The number of β-lactam (4-membered cyclic amide) rings is 1. The van der Waals surface area contributed by atoms with Gasteiger partial charge in [-0.2, -0.15) is 0 Å². The Morgan fingerprint density at radius 2 is 1.56 bits per heavy atom. The van der Waals surface area contributed by atoms with E-state index >= 15 is 0 Å². The van der Waals surface area contributed by atoms with Crippen molar-refractivity contribution in [2.45, 2.75) is 24.2 Å². The van der Waals surface area contributed by atoms with Crippen molar-refractivity contribution in [3.05, 3.63) is 71.8 Å². The number of nitrogens with one attached hydrogen (secondary N) is 1. The number of methoxy groups -OCH3 is 1. The Labute approximate surface area is 155 Å². The van der Waals surface area contributed by atoms with Gasteiger partial charge in [-0.3, -0.25) is 9.69 Å². The van der Waals surface area contributed by atoms with Gasteiger partial charge in [0.1, 0.15) is 12.1 Å². The summed E-state index contributed by atoms with van der Waals surface area (Å²) in [6.45, 7) is 0. The predicted octanol–water partition coefficient (Wildman–Crippen LogP) is 1.96. The Kier molecular flexibility index (Phi) is 4.27. The monoisotopic (exact) mass is 366 g/mol. The van der Waals surface area contributed by atoms with Crippen molar-refractivity contribution in [3.63, 3.8) is 0 Å². The molecule has 0 saturated carbocycles. The first-order valence-corrected chi connectivity index (χ1v) is 8.59. The van der Waals surface area contributed by atoms with Crippen molar-refractivity contribution in [2.24, 2.45) is 0 Å². The molecule has 4 rings (SSSR count). The quantitative estimate of drug-likeness (QED) is 0.660. The molecule has 138 valence electrons. The number of cyclic esters (lactones) is 1. The number of carbonyl (C=O) groups is 3. The average Bonchev–Trinajstić information content (AvgIpc) is 3.03. The molecule has 0 aromatic heterocycles. The van der Waals surface area contributed by atoms with Gasteiger partial charge in [-0.15, -0.1) is 0 Å². The van der Waals surface area contributed by atoms with E-state index in [-0.39, 0.29) is 0 Å². The molecule has 4 atom stereocenters. The van der Waals surface area contributed by atoms with Crippen LogP contribution in [-0.2, 0) is 19.1 Å². The Morgan fingerprint density at radius 3 is 2.11 bits per heavy atom. The molecular formula is C20H18N2O5. The van der Waals surface area contributed by atoms with E-state index in [1.165, 1.54) is 12.0 Å². The number of ether oxygens (including phenoxy) is 2. The lowest BCUT2D eigenvalue weighted by molar-refractivity contribution is -0.156. The predicted molar refractivity (Wildman–Crippen MR) is 94.4 cm³/mol. The van der Waals surface area contributed by atoms with Gasteiger partial charge in [0.2, 0.25) is 5.91 Å². The number of hydrogen-bond donors (Lipinski definition) is 1. The summed E-state index contributed by atoms with van der Waals surface area (Å²) in [5, 5.41) is 2.50. The fourth-order valence-electron chi connectivity index (χ4n) is 3.63.